The van der Waals surface area contributed by atoms with E-state index < -0.39 is 5.60 Å². The van der Waals surface area contributed by atoms with Crippen LogP contribution in [0, 0.1) is 5.92 Å². The van der Waals surface area contributed by atoms with Crippen LogP contribution >= 0.6 is 21.6 Å². The lowest BCUT2D eigenvalue weighted by Crippen LogP contribution is -2.36. The van der Waals surface area contributed by atoms with Crippen LogP contribution in [0.3, 0.4) is 0 Å². The fraction of sp³-hybridized carbons (Fsp3) is 0.947. The summed E-state index contributed by atoms with van der Waals surface area (Å²) in [6.45, 7) is 13.5. The number of hydrogen-bond donors (Lipinski definition) is 1. The van der Waals surface area contributed by atoms with Gasteiger partial charge in [0.25, 0.3) is 0 Å². The average molecular weight is 441 g/mol. The molecule has 0 spiro atoms. The van der Waals surface area contributed by atoms with Crippen LogP contribution in [0.1, 0.15) is 27.7 Å². The standard InChI is InChI=1S/C19H40N2O5S2/c1-17(16-28-27-6)15-20-7-9-23-11-13-25-14-12-24-10-8-21(5)18(22)26-19(2,3)4/h17,20H,7-16H2,1-6H3. The summed E-state index contributed by atoms with van der Waals surface area (Å²) in [5.74, 6) is 1.84. The van der Waals surface area contributed by atoms with Crippen LogP contribution in [0.25, 0.3) is 0 Å². The van der Waals surface area contributed by atoms with Crippen molar-refractivity contribution in [1.82, 2.24) is 10.2 Å². The van der Waals surface area contributed by atoms with E-state index in [1.165, 1.54) is 10.7 Å². The first kappa shape index (κ1) is 27.8. The van der Waals surface area contributed by atoms with E-state index >= 15 is 0 Å². The molecule has 0 rings (SSSR count). The Balaban J connectivity index is 3.33. The highest BCUT2D eigenvalue weighted by molar-refractivity contribution is 8.76. The van der Waals surface area contributed by atoms with E-state index in [-0.39, 0.29) is 6.09 Å². The number of carbonyl (C=O) groups is 1. The van der Waals surface area contributed by atoms with Gasteiger partial charge in [-0.25, -0.2) is 4.79 Å². The number of likely N-dealkylation sites (N-methyl/N-ethyl adjacent to an activating group) is 1. The lowest BCUT2D eigenvalue weighted by molar-refractivity contribution is 0.00510. The third-order valence-corrected chi connectivity index (χ3v) is 5.46. The second-order valence-electron chi connectivity index (χ2n) is 7.50. The molecule has 7 nitrogen and oxygen atoms in total. The second kappa shape index (κ2) is 17.7. The van der Waals surface area contributed by atoms with Crippen molar-refractivity contribution in [3.8, 4) is 0 Å². The molecular formula is C19H40N2O5S2. The topological polar surface area (TPSA) is 69.3 Å². The summed E-state index contributed by atoms with van der Waals surface area (Å²) in [7, 11) is 5.41. The predicted octanol–water partition coefficient (Wildman–Crippen LogP) is 3.14. The van der Waals surface area contributed by atoms with E-state index in [9.17, 15) is 4.79 Å². The van der Waals surface area contributed by atoms with E-state index in [0.29, 0.717) is 52.1 Å². The van der Waals surface area contributed by atoms with Gasteiger partial charge < -0.3 is 29.2 Å². The van der Waals surface area contributed by atoms with Gasteiger partial charge in [-0.15, -0.1) is 0 Å². The Morgan fingerprint density at radius 3 is 2.18 bits per heavy atom. The van der Waals surface area contributed by atoms with Crippen molar-refractivity contribution in [1.29, 1.82) is 0 Å². The van der Waals surface area contributed by atoms with Gasteiger partial charge in [0.1, 0.15) is 5.60 Å². The van der Waals surface area contributed by atoms with Crippen LogP contribution in [0.4, 0.5) is 4.79 Å². The van der Waals surface area contributed by atoms with Gasteiger partial charge in [-0.1, -0.05) is 28.5 Å². The summed E-state index contributed by atoms with van der Waals surface area (Å²) in [5, 5.41) is 3.40. The van der Waals surface area contributed by atoms with Crippen LogP contribution in [0.15, 0.2) is 0 Å². The van der Waals surface area contributed by atoms with Crippen LogP contribution in [0.2, 0.25) is 0 Å². The maximum atomic E-state index is 11.8. The number of nitrogens with zero attached hydrogens (tertiary/aromatic N) is 1. The van der Waals surface area contributed by atoms with Gasteiger partial charge in [0.15, 0.2) is 0 Å². The molecule has 0 fully saturated rings. The summed E-state index contributed by atoms with van der Waals surface area (Å²) in [4.78, 5) is 13.3. The molecule has 0 aromatic rings. The molecule has 1 N–H and O–H groups in total. The third-order valence-electron chi connectivity index (χ3n) is 3.41. The Kier molecular flexibility index (Phi) is 17.5. The van der Waals surface area contributed by atoms with Crippen molar-refractivity contribution in [3.05, 3.63) is 0 Å². The van der Waals surface area contributed by atoms with Gasteiger partial charge in [-0.3, -0.25) is 0 Å². The monoisotopic (exact) mass is 440 g/mol. The van der Waals surface area contributed by atoms with E-state index in [0.717, 1.165) is 13.1 Å². The molecule has 0 aliphatic rings. The average Bonchev–Trinajstić information content (AvgIpc) is 2.62. The van der Waals surface area contributed by atoms with E-state index in [2.05, 4.69) is 18.5 Å². The lowest BCUT2D eigenvalue weighted by Gasteiger charge is -2.24. The molecule has 0 heterocycles. The zero-order chi connectivity index (χ0) is 21.3. The van der Waals surface area contributed by atoms with Crippen molar-refractivity contribution >= 4 is 27.7 Å². The van der Waals surface area contributed by atoms with Crippen molar-refractivity contribution < 1.29 is 23.7 Å². The molecule has 1 amide bonds. The minimum Gasteiger partial charge on any atom is -0.444 e. The quantitative estimate of drug-likeness (QED) is 0.273. The first-order chi connectivity index (χ1) is 13.3. The molecule has 9 heteroatoms. The Hall–Kier alpha value is -0.190. The number of carbonyl (C=O) groups excluding carboxylic acids is 1. The summed E-state index contributed by atoms with van der Waals surface area (Å²) < 4.78 is 21.7. The maximum absolute atomic E-state index is 11.8. The molecule has 168 valence electrons. The molecule has 1 atom stereocenters. The first-order valence-corrected chi connectivity index (χ1v) is 12.5. The van der Waals surface area contributed by atoms with Gasteiger partial charge in [-0.2, -0.15) is 0 Å². The van der Waals surface area contributed by atoms with Crippen molar-refractivity contribution in [2.75, 3.05) is 78.3 Å². The highest BCUT2D eigenvalue weighted by Crippen LogP contribution is 2.19. The smallest absolute Gasteiger partial charge is 0.410 e. The number of amides is 1. The predicted molar refractivity (Wildman–Crippen MR) is 119 cm³/mol. The zero-order valence-electron chi connectivity index (χ0n) is 18.5. The summed E-state index contributed by atoms with van der Waals surface area (Å²) in [6, 6.07) is 0. The SMILES string of the molecule is CSSCC(C)CNCCOCCOCCOCCN(C)C(=O)OC(C)(C)C. The Morgan fingerprint density at radius 2 is 1.61 bits per heavy atom. The Labute approximate surface area is 179 Å². The fourth-order valence-electron chi connectivity index (χ4n) is 1.91. The normalized spacial score (nSPS) is 12.8. The second-order valence-corrected chi connectivity index (χ2v) is 10.1. The van der Waals surface area contributed by atoms with E-state index in [1.54, 1.807) is 7.05 Å². The summed E-state index contributed by atoms with van der Waals surface area (Å²) in [5.41, 5.74) is -0.483. The number of hydrogen-bond acceptors (Lipinski definition) is 8. The van der Waals surface area contributed by atoms with Gasteiger partial charge in [-0.05, 0) is 39.5 Å². The molecule has 0 aliphatic carbocycles. The lowest BCUT2D eigenvalue weighted by atomic mass is 10.2. The molecule has 28 heavy (non-hydrogen) atoms. The molecule has 0 saturated heterocycles. The molecule has 0 aromatic carbocycles. The first-order valence-electron chi connectivity index (χ1n) is 9.80. The summed E-state index contributed by atoms with van der Waals surface area (Å²) in [6.07, 6.45) is 1.77. The molecule has 0 aliphatic heterocycles. The van der Waals surface area contributed by atoms with Crippen molar-refractivity contribution in [2.24, 2.45) is 5.92 Å². The van der Waals surface area contributed by atoms with Crippen LogP contribution in [0.5, 0.6) is 0 Å². The molecule has 0 saturated carbocycles. The highest BCUT2D eigenvalue weighted by Gasteiger charge is 2.19. The molecular weight excluding hydrogens is 400 g/mol. The molecule has 0 bridgehead atoms. The number of nitrogens with one attached hydrogen (secondary N) is 1. The third kappa shape index (κ3) is 19.1. The largest absolute Gasteiger partial charge is 0.444 e. The minimum atomic E-state index is -0.483. The maximum Gasteiger partial charge on any atom is 0.410 e. The van der Waals surface area contributed by atoms with Crippen molar-refractivity contribution in [2.45, 2.75) is 33.3 Å². The minimum absolute atomic E-state index is 0.340. The van der Waals surface area contributed by atoms with Gasteiger partial charge in [0, 0.05) is 25.9 Å². The van der Waals surface area contributed by atoms with Crippen LogP contribution in [-0.4, -0.2) is 94.9 Å². The molecule has 1 unspecified atom stereocenters. The summed E-state index contributed by atoms with van der Waals surface area (Å²) >= 11 is 0. The zero-order valence-corrected chi connectivity index (χ0v) is 20.1. The number of ether oxygens (including phenoxy) is 4. The van der Waals surface area contributed by atoms with Crippen molar-refractivity contribution in [3.63, 3.8) is 0 Å². The van der Waals surface area contributed by atoms with Crippen LogP contribution in [-0.2, 0) is 18.9 Å². The van der Waals surface area contributed by atoms with Gasteiger partial charge in [0.2, 0.25) is 0 Å². The van der Waals surface area contributed by atoms with Gasteiger partial charge >= 0.3 is 6.09 Å². The Bertz CT molecular complexity index is 384. The van der Waals surface area contributed by atoms with Crippen LogP contribution < -0.4 is 5.32 Å². The van der Waals surface area contributed by atoms with E-state index in [4.69, 9.17) is 18.9 Å². The fourth-order valence-corrected chi connectivity index (χ4v) is 3.50. The Morgan fingerprint density at radius 1 is 1.04 bits per heavy atom. The molecule has 0 radical (unpaired) electrons. The van der Waals surface area contributed by atoms with E-state index in [1.807, 2.05) is 42.4 Å². The number of rotatable bonds is 17. The molecule has 0 aromatic heterocycles. The highest BCUT2D eigenvalue weighted by atomic mass is 33.1. The van der Waals surface area contributed by atoms with Gasteiger partial charge in [0.05, 0.1) is 39.6 Å².